The number of anilines is 1. The molecule has 2 aromatic carbocycles. The van der Waals surface area contributed by atoms with Gasteiger partial charge in [0.25, 0.3) is 5.91 Å². The van der Waals surface area contributed by atoms with Crippen molar-refractivity contribution in [3.8, 4) is 11.4 Å². The first-order chi connectivity index (χ1) is 13.6. The van der Waals surface area contributed by atoms with Crippen LogP contribution in [-0.4, -0.2) is 42.7 Å². The minimum absolute atomic E-state index is 0.0823. The first-order valence-corrected chi connectivity index (χ1v) is 10.8. The standard InChI is InChI=1S/C19H19ClN4O4S/c1-12-8-9-13(10-16(12)23-29(3,26)27)19(25)24(2)11-17-21-18(22-28-17)14-6-4-5-7-15(14)20/h4-10,23H,11H2,1-3H3. The summed E-state index contributed by atoms with van der Waals surface area (Å²) in [5.74, 6) is 0.262. The number of nitrogens with one attached hydrogen (secondary N) is 1. The molecule has 0 atom stereocenters. The number of halogens is 1. The average Bonchev–Trinajstić information content (AvgIpc) is 3.10. The van der Waals surface area contributed by atoms with E-state index in [1.54, 1.807) is 44.3 Å². The minimum atomic E-state index is -3.46. The maximum atomic E-state index is 12.7. The number of amides is 1. The Morgan fingerprint density at radius 1 is 1.24 bits per heavy atom. The summed E-state index contributed by atoms with van der Waals surface area (Å²) in [7, 11) is -1.87. The van der Waals surface area contributed by atoms with E-state index in [1.165, 1.54) is 11.0 Å². The molecule has 3 rings (SSSR count). The number of aryl methyl sites for hydroxylation is 1. The maximum absolute atomic E-state index is 12.7. The lowest BCUT2D eigenvalue weighted by molar-refractivity contribution is 0.0769. The molecular weight excluding hydrogens is 416 g/mol. The molecule has 1 heterocycles. The van der Waals surface area contributed by atoms with Gasteiger partial charge in [0.1, 0.15) is 0 Å². The summed E-state index contributed by atoms with van der Waals surface area (Å²) in [4.78, 5) is 18.4. The molecule has 0 saturated heterocycles. The van der Waals surface area contributed by atoms with Crippen LogP contribution in [0.3, 0.4) is 0 Å². The minimum Gasteiger partial charge on any atom is -0.337 e. The van der Waals surface area contributed by atoms with Gasteiger partial charge >= 0.3 is 0 Å². The number of carbonyl (C=O) groups is 1. The van der Waals surface area contributed by atoms with Crippen molar-refractivity contribution in [2.45, 2.75) is 13.5 Å². The molecule has 1 N–H and O–H groups in total. The van der Waals surface area contributed by atoms with Gasteiger partial charge in [-0.05, 0) is 36.8 Å². The number of aromatic nitrogens is 2. The number of nitrogens with zero attached hydrogens (tertiary/aromatic N) is 3. The van der Waals surface area contributed by atoms with E-state index in [1.807, 2.05) is 6.07 Å². The molecule has 0 fully saturated rings. The highest BCUT2D eigenvalue weighted by molar-refractivity contribution is 7.92. The van der Waals surface area contributed by atoms with Crippen LogP contribution in [0.2, 0.25) is 5.02 Å². The van der Waals surface area contributed by atoms with Gasteiger partial charge in [0.2, 0.25) is 21.7 Å². The molecule has 0 aliphatic rings. The molecule has 1 aromatic heterocycles. The fourth-order valence-electron chi connectivity index (χ4n) is 2.63. The van der Waals surface area contributed by atoms with Crippen molar-refractivity contribution in [3.05, 3.63) is 64.5 Å². The molecule has 1 amide bonds. The summed E-state index contributed by atoms with van der Waals surface area (Å²) < 4.78 is 30.7. The van der Waals surface area contributed by atoms with E-state index in [9.17, 15) is 13.2 Å². The first-order valence-electron chi connectivity index (χ1n) is 8.55. The van der Waals surface area contributed by atoms with Crippen molar-refractivity contribution in [2.75, 3.05) is 18.0 Å². The normalized spacial score (nSPS) is 11.3. The van der Waals surface area contributed by atoms with Crippen LogP contribution in [0.4, 0.5) is 5.69 Å². The Kier molecular flexibility index (Phi) is 5.90. The van der Waals surface area contributed by atoms with Gasteiger partial charge in [-0.15, -0.1) is 0 Å². The van der Waals surface area contributed by atoms with Gasteiger partial charge in [0.05, 0.1) is 23.5 Å². The van der Waals surface area contributed by atoms with E-state index in [2.05, 4.69) is 14.9 Å². The Morgan fingerprint density at radius 2 is 1.97 bits per heavy atom. The first kappa shape index (κ1) is 20.8. The molecular formula is C19H19ClN4O4S. The fourth-order valence-corrected chi connectivity index (χ4v) is 3.47. The average molecular weight is 435 g/mol. The highest BCUT2D eigenvalue weighted by Crippen LogP contribution is 2.25. The maximum Gasteiger partial charge on any atom is 0.254 e. The van der Waals surface area contributed by atoms with Crippen molar-refractivity contribution in [1.82, 2.24) is 15.0 Å². The molecule has 0 unspecified atom stereocenters. The lowest BCUT2D eigenvalue weighted by Gasteiger charge is -2.16. The Hall–Kier alpha value is -2.91. The van der Waals surface area contributed by atoms with Gasteiger partial charge in [0.15, 0.2) is 0 Å². The van der Waals surface area contributed by atoms with Crippen LogP contribution in [0.15, 0.2) is 47.0 Å². The lowest BCUT2D eigenvalue weighted by atomic mass is 10.1. The molecule has 0 saturated carbocycles. The van der Waals surface area contributed by atoms with Gasteiger partial charge in [-0.25, -0.2) is 8.42 Å². The Balaban J connectivity index is 1.76. The number of rotatable bonds is 6. The Morgan fingerprint density at radius 3 is 2.66 bits per heavy atom. The summed E-state index contributed by atoms with van der Waals surface area (Å²) in [6.07, 6.45) is 1.05. The van der Waals surface area contributed by atoms with E-state index in [4.69, 9.17) is 16.1 Å². The van der Waals surface area contributed by atoms with E-state index in [-0.39, 0.29) is 18.3 Å². The predicted octanol–water partition coefficient (Wildman–Crippen LogP) is 3.34. The van der Waals surface area contributed by atoms with E-state index < -0.39 is 10.0 Å². The second-order valence-electron chi connectivity index (χ2n) is 6.56. The molecule has 0 radical (unpaired) electrons. The topological polar surface area (TPSA) is 105 Å². The summed E-state index contributed by atoms with van der Waals surface area (Å²) in [6, 6.07) is 11.9. The van der Waals surface area contributed by atoms with Gasteiger partial charge in [-0.1, -0.05) is 35.0 Å². The molecule has 10 heteroatoms. The SMILES string of the molecule is Cc1ccc(C(=O)N(C)Cc2nc(-c3ccccc3Cl)no2)cc1NS(C)(=O)=O. The van der Waals surface area contributed by atoms with Crippen molar-refractivity contribution < 1.29 is 17.7 Å². The van der Waals surface area contributed by atoms with Crippen LogP contribution >= 0.6 is 11.6 Å². The van der Waals surface area contributed by atoms with Gasteiger partial charge in [0, 0.05) is 18.2 Å². The third-order valence-corrected chi connectivity index (χ3v) is 5.00. The zero-order chi connectivity index (χ0) is 21.2. The van der Waals surface area contributed by atoms with Crippen molar-refractivity contribution in [1.29, 1.82) is 0 Å². The molecule has 3 aromatic rings. The monoisotopic (exact) mass is 434 g/mol. The van der Waals surface area contributed by atoms with Crippen LogP contribution in [-0.2, 0) is 16.6 Å². The molecule has 0 aliphatic heterocycles. The Bertz CT molecular complexity index is 1160. The molecule has 0 spiro atoms. The summed E-state index contributed by atoms with van der Waals surface area (Å²) in [5.41, 5.74) is 2.02. The number of benzene rings is 2. The predicted molar refractivity (Wildman–Crippen MR) is 110 cm³/mol. The van der Waals surface area contributed by atoms with E-state index in [0.29, 0.717) is 33.2 Å². The quantitative estimate of drug-likeness (QED) is 0.637. The number of hydrogen-bond donors (Lipinski definition) is 1. The van der Waals surface area contributed by atoms with Gasteiger partial charge < -0.3 is 9.42 Å². The fraction of sp³-hybridized carbons (Fsp3) is 0.211. The van der Waals surface area contributed by atoms with Gasteiger partial charge in [-0.3, -0.25) is 9.52 Å². The molecule has 8 nitrogen and oxygen atoms in total. The summed E-state index contributed by atoms with van der Waals surface area (Å²) in [5, 5.41) is 4.41. The van der Waals surface area contributed by atoms with Crippen LogP contribution in [0.5, 0.6) is 0 Å². The molecule has 152 valence electrons. The lowest BCUT2D eigenvalue weighted by Crippen LogP contribution is -2.26. The van der Waals surface area contributed by atoms with E-state index in [0.717, 1.165) is 6.26 Å². The summed E-state index contributed by atoms with van der Waals surface area (Å²) in [6.45, 7) is 1.83. The largest absolute Gasteiger partial charge is 0.337 e. The van der Waals surface area contributed by atoms with Crippen LogP contribution in [0, 0.1) is 6.92 Å². The second-order valence-corrected chi connectivity index (χ2v) is 8.71. The number of sulfonamides is 1. The Labute approximate surface area is 173 Å². The molecule has 0 bridgehead atoms. The van der Waals surface area contributed by atoms with Crippen molar-refractivity contribution in [3.63, 3.8) is 0 Å². The summed E-state index contributed by atoms with van der Waals surface area (Å²) >= 11 is 6.14. The van der Waals surface area contributed by atoms with Gasteiger partial charge in [-0.2, -0.15) is 4.98 Å². The highest BCUT2D eigenvalue weighted by Gasteiger charge is 2.18. The number of carbonyl (C=O) groups excluding carboxylic acids is 1. The van der Waals surface area contributed by atoms with Crippen molar-refractivity contribution >= 4 is 33.2 Å². The smallest absolute Gasteiger partial charge is 0.254 e. The zero-order valence-corrected chi connectivity index (χ0v) is 17.6. The highest BCUT2D eigenvalue weighted by atomic mass is 35.5. The molecule has 0 aliphatic carbocycles. The van der Waals surface area contributed by atoms with Crippen molar-refractivity contribution in [2.24, 2.45) is 0 Å². The zero-order valence-electron chi connectivity index (χ0n) is 16.0. The van der Waals surface area contributed by atoms with Crippen LogP contribution in [0.25, 0.3) is 11.4 Å². The third-order valence-electron chi connectivity index (χ3n) is 4.08. The number of hydrogen-bond acceptors (Lipinski definition) is 6. The second kappa shape index (κ2) is 8.22. The van der Waals surface area contributed by atoms with Crippen LogP contribution < -0.4 is 4.72 Å². The third kappa shape index (κ3) is 5.12. The van der Waals surface area contributed by atoms with Crippen LogP contribution in [0.1, 0.15) is 21.8 Å². The molecule has 29 heavy (non-hydrogen) atoms. The van der Waals surface area contributed by atoms with E-state index >= 15 is 0 Å².